The standard InChI is InChI=1S/C20H23N3O/c1-5-15-12-16(20(24)21-6-2)7-8-17(15)19-14(4)23-10-9-13(3)11-18(23)22-19/h7-12H,5-6H2,1-4H3,(H,21,24). The molecule has 0 atom stereocenters. The van der Waals surface area contributed by atoms with E-state index in [-0.39, 0.29) is 5.91 Å². The summed E-state index contributed by atoms with van der Waals surface area (Å²) in [6.45, 7) is 8.82. The van der Waals surface area contributed by atoms with Gasteiger partial charge in [-0.05, 0) is 62.6 Å². The van der Waals surface area contributed by atoms with E-state index in [0.29, 0.717) is 12.1 Å². The lowest BCUT2D eigenvalue weighted by molar-refractivity contribution is 0.0955. The molecular weight excluding hydrogens is 298 g/mol. The van der Waals surface area contributed by atoms with Crippen molar-refractivity contribution >= 4 is 11.6 Å². The number of benzene rings is 1. The van der Waals surface area contributed by atoms with Crippen LogP contribution in [0.2, 0.25) is 0 Å². The third kappa shape index (κ3) is 2.80. The number of carbonyl (C=O) groups excluding carboxylic acids is 1. The minimum absolute atomic E-state index is 0.0268. The second kappa shape index (κ2) is 6.48. The third-order valence-electron chi connectivity index (χ3n) is 4.36. The summed E-state index contributed by atoms with van der Waals surface area (Å²) in [5, 5.41) is 2.85. The number of imidazole rings is 1. The highest BCUT2D eigenvalue weighted by molar-refractivity contribution is 5.95. The summed E-state index contributed by atoms with van der Waals surface area (Å²) in [5.41, 5.74) is 7.20. The Morgan fingerprint density at radius 1 is 1.17 bits per heavy atom. The van der Waals surface area contributed by atoms with Crippen LogP contribution in [0.5, 0.6) is 0 Å². The Morgan fingerprint density at radius 3 is 2.67 bits per heavy atom. The topological polar surface area (TPSA) is 46.4 Å². The first kappa shape index (κ1) is 16.2. The van der Waals surface area contributed by atoms with Gasteiger partial charge < -0.3 is 9.72 Å². The summed E-state index contributed by atoms with van der Waals surface area (Å²) in [7, 11) is 0. The zero-order valence-corrected chi connectivity index (χ0v) is 14.7. The van der Waals surface area contributed by atoms with Crippen LogP contribution in [0.4, 0.5) is 0 Å². The minimum atomic E-state index is -0.0268. The number of rotatable bonds is 4. The molecule has 0 aliphatic heterocycles. The quantitative estimate of drug-likeness (QED) is 0.791. The highest BCUT2D eigenvalue weighted by atomic mass is 16.1. The fraction of sp³-hybridized carbons (Fsp3) is 0.300. The molecule has 0 saturated carbocycles. The molecule has 2 heterocycles. The van der Waals surface area contributed by atoms with Crippen molar-refractivity contribution < 1.29 is 4.79 Å². The van der Waals surface area contributed by atoms with Gasteiger partial charge in [-0.3, -0.25) is 4.79 Å². The van der Waals surface area contributed by atoms with Crippen molar-refractivity contribution in [2.24, 2.45) is 0 Å². The molecule has 4 heteroatoms. The van der Waals surface area contributed by atoms with Gasteiger partial charge in [0.05, 0.1) is 5.69 Å². The van der Waals surface area contributed by atoms with Crippen molar-refractivity contribution in [3.63, 3.8) is 0 Å². The lowest BCUT2D eigenvalue weighted by atomic mass is 9.98. The number of nitrogens with zero attached hydrogens (tertiary/aromatic N) is 2. The fourth-order valence-electron chi connectivity index (χ4n) is 3.05. The highest BCUT2D eigenvalue weighted by Crippen LogP contribution is 2.28. The number of pyridine rings is 1. The van der Waals surface area contributed by atoms with Crippen LogP contribution in [0.15, 0.2) is 36.5 Å². The van der Waals surface area contributed by atoms with Gasteiger partial charge in [0.15, 0.2) is 0 Å². The Bertz CT molecular complexity index is 909. The maximum Gasteiger partial charge on any atom is 0.251 e. The number of hydrogen-bond acceptors (Lipinski definition) is 2. The monoisotopic (exact) mass is 321 g/mol. The predicted molar refractivity (Wildman–Crippen MR) is 97.5 cm³/mol. The van der Waals surface area contributed by atoms with E-state index in [4.69, 9.17) is 4.98 Å². The molecular formula is C20H23N3O. The van der Waals surface area contributed by atoms with E-state index in [2.05, 4.69) is 48.8 Å². The highest BCUT2D eigenvalue weighted by Gasteiger charge is 2.15. The Kier molecular flexibility index (Phi) is 4.38. The Hall–Kier alpha value is -2.62. The first-order chi connectivity index (χ1) is 11.5. The van der Waals surface area contributed by atoms with Crippen molar-refractivity contribution in [2.45, 2.75) is 34.1 Å². The van der Waals surface area contributed by atoms with E-state index >= 15 is 0 Å². The van der Waals surface area contributed by atoms with E-state index in [1.165, 1.54) is 5.56 Å². The van der Waals surface area contributed by atoms with Crippen LogP contribution in [0.1, 0.15) is 41.0 Å². The van der Waals surface area contributed by atoms with Gasteiger partial charge in [-0.15, -0.1) is 0 Å². The van der Waals surface area contributed by atoms with Gasteiger partial charge in [-0.1, -0.05) is 13.0 Å². The van der Waals surface area contributed by atoms with Crippen molar-refractivity contribution in [1.82, 2.24) is 14.7 Å². The molecule has 3 aromatic rings. The van der Waals surface area contributed by atoms with E-state index in [9.17, 15) is 4.79 Å². The van der Waals surface area contributed by atoms with Crippen LogP contribution >= 0.6 is 0 Å². The molecule has 124 valence electrons. The molecule has 0 bridgehead atoms. The van der Waals surface area contributed by atoms with Gasteiger partial charge in [-0.2, -0.15) is 0 Å². The molecule has 0 fully saturated rings. The molecule has 1 amide bonds. The van der Waals surface area contributed by atoms with Crippen molar-refractivity contribution in [3.8, 4) is 11.3 Å². The Balaban J connectivity index is 2.12. The zero-order valence-electron chi connectivity index (χ0n) is 14.7. The van der Waals surface area contributed by atoms with E-state index in [0.717, 1.165) is 34.6 Å². The molecule has 1 N–H and O–H groups in total. The molecule has 0 unspecified atom stereocenters. The molecule has 0 radical (unpaired) electrons. The summed E-state index contributed by atoms with van der Waals surface area (Å²) in [5.74, 6) is -0.0268. The van der Waals surface area contributed by atoms with Crippen LogP contribution in [0, 0.1) is 13.8 Å². The normalized spacial score (nSPS) is 11.0. The number of fused-ring (bicyclic) bond motifs is 1. The van der Waals surface area contributed by atoms with Crippen LogP contribution in [-0.2, 0) is 6.42 Å². The van der Waals surface area contributed by atoms with Crippen molar-refractivity contribution in [2.75, 3.05) is 6.54 Å². The number of aromatic nitrogens is 2. The number of amides is 1. The molecule has 3 rings (SSSR count). The maximum absolute atomic E-state index is 12.1. The lowest BCUT2D eigenvalue weighted by Crippen LogP contribution is -2.22. The van der Waals surface area contributed by atoms with Gasteiger partial charge in [0.2, 0.25) is 0 Å². The summed E-state index contributed by atoms with van der Waals surface area (Å²) >= 11 is 0. The molecule has 24 heavy (non-hydrogen) atoms. The molecule has 0 aliphatic carbocycles. The first-order valence-corrected chi connectivity index (χ1v) is 8.42. The largest absolute Gasteiger partial charge is 0.352 e. The van der Waals surface area contributed by atoms with Gasteiger partial charge in [0, 0.05) is 29.6 Å². The Labute approximate surface area is 142 Å². The molecule has 2 aromatic heterocycles. The summed E-state index contributed by atoms with van der Waals surface area (Å²) in [4.78, 5) is 16.9. The molecule has 0 saturated heterocycles. The second-order valence-electron chi connectivity index (χ2n) is 6.06. The number of aryl methyl sites for hydroxylation is 3. The third-order valence-corrected chi connectivity index (χ3v) is 4.36. The van der Waals surface area contributed by atoms with E-state index in [1.54, 1.807) is 0 Å². The van der Waals surface area contributed by atoms with Crippen LogP contribution in [0.3, 0.4) is 0 Å². The summed E-state index contributed by atoms with van der Waals surface area (Å²) < 4.78 is 2.11. The number of hydrogen-bond donors (Lipinski definition) is 1. The van der Waals surface area contributed by atoms with Gasteiger partial charge in [0.1, 0.15) is 5.65 Å². The lowest BCUT2D eigenvalue weighted by Gasteiger charge is -2.10. The fourth-order valence-corrected chi connectivity index (χ4v) is 3.05. The number of nitrogens with one attached hydrogen (secondary N) is 1. The van der Waals surface area contributed by atoms with Crippen LogP contribution < -0.4 is 5.32 Å². The molecule has 4 nitrogen and oxygen atoms in total. The van der Waals surface area contributed by atoms with Crippen molar-refractivity contribution in [1.29, 1.82) is 0 Å². The van der Waals surface area contributed by atoms with Gasteiger partial charge >= 0.3 is 0 Å². The van der Waals surface area contributed by atoms with Crippen molar-refractivity contribution in [3.05, 3.63) is 58.9 Å². The second-order valence-corrected chi connectivity index (χ2v) is 6.06. The van der Waals surface area contributed by atoms with E-state index < -0.39 is 0 Å². The average Bonchev–Trinajstić information content (AvgIpc) is 2.90. The van der Waals surface area contributed by atoms with E-state index in [1.807, 2.05) is 25.1 Å². The molecule has 0 aliphatic rings. The first-order valence-electron chi connectivity index (χ1n) is 8.42. The predicted octanol–water partition coefficient (Wildman–Crippen LogP) is 3.93. The average molecular weight is 321 g/mol. The SMILES string of the molecule is CCNC(=O)c1ccc(-c2nc3cc(C)ccn3c2C)c(CC)c1. The van der Waals surface area contributed by atoms with Gasteiger partial charge in [-0.25, -0.2) is 4.98 Å². The maximum atomic E-state index is 12.1. The Morgan fingerprint density at radius 2 is 1.96 bits per heavy atom. The summed E-state index contributed by atoms with van der Waals surface area (Å²) in [6, 6.07) is 10.1. The minimum Gasteiger partial charge on any atom is -0.352 e. The zero-order chi connectivity index (χ0) is 17.3. The summed E-state index contributed by atoms with van der Waals surface area (Å²) in [6.07, 6.45) is 2.92. The van der Waals surface area contributed by atoms with Gasteiger partial charge in [0.25, 0.3) is 5.91 Å². The number of carbonyl (C=O) groups is 1. The molecule has 1 aromatic carbocycles. The smallest absolute Gasteiger partial charge is 0.251 e. The molecule has 0 spiro atoms. The van der Waals surface area contributed by atoms with Crippen LogP contribution in [-0.4, -0.2) is 21.8 Å². The van der Waals surface area contributed by atoms with Crippen LogP contribution in [0.25, 0.3) is 16.9 Å².